The van der Waals surface area contributed by atoms with Gasteiger partial charge in [-0.1, -0.05) is 26.7 Å². The van der Waals surface area contributed by atoms with Gasteiger partial charge in [0.1, 0.15) is 0 Å². The van der Waals surface area contributed by atoms with Gasteiger partial charge >= 0.3 is 0 Å². The fourth-order valence-corrected chi connectivity index (χ4v) is 3.22. The number of ether oxygens (including phenoxy) is 1. The van der Waals surface area contributed by atoms with Crippen molar-refractivity contribution in [1.82, 2.24) is 5.32 Å². The fraction of sp³-hybridized carbons (Fsp3) is 1.00. The third kappa shape index (κ3) is 5.39. The summed E-state index contributed by atoms with van der Waals surface area (Å²) in [5.41, 5.74) is 0. The molecule has 0 aromatic heterocycles. The summed E-state index contributed by atoms with van der Waals surface area (Å²) in [6.45, 7) is 6.66. The molecule has 0 aromatic carbocycles. The van der Waals surface area contributed by atoms with Crippen LogP contribution in [0.1, 0.15) is 58.8 Å². The first-order valence-electron chi connectivity index (χ1n) is 7.54. The first-order valence-corrected chi connectivity index (χ1v) is 7.54. The van der Waals surface area contributed by atoms with Crippen molar-refractivity contribution in [3.63, 3.8) is 0 Å². The van der Waals surface area contributed by atoms with Gasteiger partial charge in [0.25, 0.3) is 0 Å². The van der Waals surface area contributed by atoms with Gasteiger partial charge in [0, 0.05) is 19.8 Å². The molecule has 2 heteroatoms. The fourth-order valence-electron chi connectivity index (χ4n) is 3.22. The van der Waals surface area contributed by atoms with Gasteiger partial charge in [0.2, 0.25) is 0 Å². The van der Waals surface area contributed by atoms with E-state index in [4.69, 9.17) is 4.74 Å². The van der Waals surface area contributed by atoms with E-state index < -0.39 is 0 Å². The lowest BCUT2D eigenvalue weighted by atomic mass is 9.75. The second-order valence-corrected chi connectivity index (χ2v) is 5.57. The average Bonchev–Trinajstić information content (AvgIpc) is 2.35. The number of rotatable bonds is 8. The van der Waals surface area contributed by atoms with Gasteiger partial charge in [-0.2, -0.15) is 0 Å². The Hall–Kier alpha value is -0.0800. The molecule has 0 aromatic rings. The Morgan fingerprint density at radius 1 is 1.12 bits per heavy atom. The minimum Gasteiger partial charge on any atom is -0.385 e. The quantitative estimate of drug-likeness (QED) is 0.701. The lowest BCUT2D eigenvalue weighted by Gasteiger charge is -2.37. The molecule has 0 amide bonds. The van der Waals surface area contributed by atoms with Crippen LogP contribution in [0.3, 0.4) is 0 Å². The van der Waals surface area contributed by atoms with E-state index in [9.17, 15) is 0 Å². The molecule has 1 aliphatic carbocycles. The van der Waals surface area contributed by atoms with Crippen LogP contribution in [0.4, 0.5) is 0 Å². The standard InChI is InChI=1S/C15H31NO/c1-4-6-13-7-8-15(16-10-5-2)14(12-13)9-11-17-3/h13-16H,4-12H2,1-3H3. The predicted octanol–water partition coefficient (Wildman–Crippen LogP) is 3.61. The van der Waals surface area contributed by atoms with E-state index in [1.165, 1.54) is 51.5 Å². The van der Waals surface area contributed by atoms with Crippen molar-refractivity contribution in [2.45, 2.75) is 64.8 Å². The molecule has 1 rings (SSSR count). The Bertz CT molecular complexity index is 184. The number of hydrogen-bond donors (Lipinski definition) is 1. The third-order valence-corrected chi connectivity index (χ3v) is 4.14. The van der Waals surface area contributed by atoms with E-state index in [1.807, 2.05) is 7.11 Å². The highest BCUT2D eigenvalue weighted by Crippen LogP contribution is 2.34. The van der Waals surface area contributed by atoms with E-state index in [0.717, 1.165) is 24.5 Å². The first kappa shape index (κ1) is 15.0. The number of methoxy groups -OCH3 is 1. The van der Waals surface area contributed by atoms with E-state index in [-0.39, 0.29) is 0 Å². The number of nitrogens with one attached hydrogen (secondary N) is 1. The molecule has 1 fully saturated rings. The van der Waals surface area contributed by atoms with Gasteiger partial charge in [0.05, 0.1) is 0 Å². The smallest absolute Gasteiger partial charge is 0.0465 e. The molecule has 2 nitrogen and oxygen atoms in total. The maximum Gasteiger partial charge on any atom is 0.0465 e. The predicted molar refractivity (Wildman–Crippen MR) is 74.3 cm³/mol. The van der Waals surface area contributed by atoms with Gasteiger partial charge in [-0.15, -0.1) is 0 Å². The molecule has 0 radical (unpaired) electrons. The Labute approximate surface area is 108 Å². The summed E-state index contributed by atoms with van der Waals surface area (Å²) < 4.78 is 5.26. The second kappa shape index (κ2) is 8.93. The molecule has 0 saturated heterocycles. The van der Waals surface area contributed by atoms with Crippen molar-refractivity contribution in [1.29, 1.82) is 0 Å². The molecule has 102 valence electrons. The molecule has 0 spiro atoms. The summed E-state index contributed by atoms with van der Waals surface area (Å²) >= 11 is 0. The molecule has 3 unspecified atom stereocenters. The van der Waals surface area contributed by atoms with Gasteiger partial charge in [-0.3, -0.25) is 0 Å². The molecule has 3 atom stereocenters. The maximum absolute atomic E-state index is 5.26. The normalized spacial score (nSPS) is 29.5. The number of hydrogen-bond acceptors (Lipinski definition) is 2. The van der Waals surface area contributed by atoms with Gasteiger partial charge in [0.15, 0.2) is 0 Å². The van der Waals surface area contributed by atoms with Crippen molar-refractivity contribution >= 4 is 0 Å². The van der Waals surface area contributed by atoms with Crippen LogP contribution in [-0.4, -0.2) is 26.3 Å². The summed E-state index contributed by atoms with van der Waals surface area (Å²) in [6, 6.07) is 0.748. The summed E-state index contributed by atoms with van der Waals surface area (Å²) in [5, 5.41) is 3.74. The molecule has 1 saturated carbocycles. The zero-order valence-electron chi connectivity index (χ0n) is 12.0. The molecule has 0 bridgehead atoms. The van der Waals surface area contributed by atoms with Crippen molar-refractivity contribution < 1.29 is 4.74 Å². The Balaban J connectivity index is 2.40. The average molecular weight is 241 g/mol. The summed E-state index contributed by atoms with van der Waals surface area (Å²) in [5.74, 6) is 1.81. The van der Waals surface area contributed by atoms with Gasteiger partial charge in [-0.25, -0.2) is 0 Å². The van der Waals surface area contributed by atoms with E-state index in [2.05, 4.69) is 19.2 Å². The molecule has 17 heavy (non-hydrogen) atoms. The largest absolute Gasteiger partial charge is 0.385 e. The van der Waals surface area contributed by atoms with Crippen molar-refractivity contribution in [2.24, 2.45) is 11.8 Å². The third-order valence-electron chi connectivity index (χ3n) is 4.14. The highest BCUT2D eigenvalue weighted by atomic mass is 16.5. The molecule has 1 aliphatic rings. The van der Waals surface area contributed by atoms with Crippen molar-refractivity contribution in [3.05, 3.63) is 0 Å². The maximum atomic E-state index is 5.26. The van der Waals surface area contributed by atoms with Crippen LogP contribution < -0.4 is 5.32 Å². The van der Waals surface area contributed by atoms with E-state index in [0.29, 0.717) is 0 Å². The zero-order chi connectivity index (χ0) is 12.5. The monoisotopic (exact) mass is 241 g/mol. The van der Waals surface area contributed by atoms with Crippen LogP contribution in [0.25, 0.3) is 0 Å². The highest BCUT2D eigenvalue weighted by Gasteiger charge is 2.29. The molecule has 1 N–H and O–H groups in total. The Morgan fingerprint density at radius 2 is 1.94 bits per heavy atom. The van der Waals surface area contributed by atoms with E-state index in [1.54, 1.807) is 0 Å². The molecule has 0 heterocycles. The van der Waals surface area contributed by atoms with Crippen molar-refractivity contribution in [3.8, 4) is 0 Å². The minimum atomic E-state index is 0.748. The molecular weight excluding hydrogens is 210 g/mol. The van der Waals surface area contributed by atoms with Crippen LogP contribution in [0, 0.1) is 11.8 Å². The van der Waals surface area contributed by atoms with Crippen LogP contribution in [0.15, 0.2) is 0 Å². The Kier molecular flexibility index (Phi) is 7.87. The minimum absolute atomic E-state index is 0.748. The van der Waals surface area contributed by atoms with Crippen LogP contribution in [0.5, 0.6) is 0 Å². The summed E-state index contributed by atoms with van der Waals surface area (Å²) in [6.07, 6.45) is 9.46. The lowest BCUT2D eigenvalue weighted by Crippen LogP contribution is -2.41. The lowest BCUT2D eigenvalue weighted by molar-refractivity contribution is 0.128. The SMILES string of the molecule is CCCNC1CCC(CCC)CC1CCOC. The highest BCUT2D eigenvalue weighted by molar-refractivity contribution is 4.84. The molecular formula is C15H31NO. The van der Waals surface area contributed by atoms with Crippen LogP contribution in [-0.2, 0) is 4.74 Å². The Morgan fingerprint density at radius 3 is 2.59 bits per heavy atom. The van der Waals surface area contributed by atoms with Crippen molar-refractivity contribution in [2.75, 3.05) is 20.3 Å². The van der Waals surface area contributed by atoms with E-state index >= 15 is 0 Å². The van der Waals surface area contributed by atoms with Crippen LogP contribution >= 0.6 is 0 Å². The van der Waals surface area contributed by atoms with Crippen LogP contribution in [0.2, 0.25) is 0 Å². The zero-order valence-corrected chi connectivity index (χ0v) is 12.0. The van der Waals surface area contributed by atoms with Gasteiger partial charge in [-0.05, 0) is 50.5 Å². The second-order valence-electron chi connectivity index (χ2n) is 5.57. The topological polar surface area (TPSA) is 21.3 Å². The summed E-state index contributed by atoms with van der Waals surface area (Å²) in [7, 11) is 1.82. The van der Waals surface area contributed by atoms with Gasteiger partial charge < -0.3 is 10.1 Å². The first-order chi connectivity index (χ1) is 8.31. The summed E-state index contributed by atoms with van der Waals surface area (Å²) in [4.78, 5) is 0. The molecule has 0 aliphatic heterocycles.